The number of aliphatic hydroxyl groups is 1. The van der Waals surface area contributed by atoms with Gasteiger partial charge in [0.1, 0.15) is 18.1 Å². The normalized spacial score (nSPS) is 15.7. The van der Waals surface area contributed by atoms with Crippen molar-refractivity contribution in [3.63, 3.8) is 0 Å². The molecule has 0 aliphatic carbocycles. The SMILES string of the molecule is COc1ccc2c(c1)CC(C(=O)Nc1ccc(Br)cc1SCCO)CO2. The highest BCUT2D eigenvalue weighted by molar-refractivity contribution is 9.10. The Kier molecular flexibility index (Phi) is 6.45. The lowest BCUT2D eigenvalue weighted by atomic mass is 9.95. The molecule has 7 heteroatoms. The minimum Gasteiger partial charge on any atom is -0.497 e. The Labute approximate surface area is 165 Å². The fourth-order valence-electron chi connectivity index (χ4n) is 2.78. The number of carbonyl (C=O) groups excluding carboxylic acids is 1. The molecule has 0 saturated carbocycles. The van der Waals surface area contributed by atoms with E-state index in [2.05, 4.69) is 21.2 Å². The summed E-state index contributed by atoms with van der Waals surface area (Å²) in [5, 5.41) is 12.1. The highest BCUT2D eigenvalue weighted by Crippen LogP contribution is 2.33. The Bertz CT molecular complexity index is 799. The van der Waals surface area contributed by atoms with Crippen LogP contribution in [-0.2, 0) is 11.2 Å². The Hall–Kier alpha value is -1.70. The van der Waals surface area contributed by atoms with Crippen LogP contribution in [0.4, 0.5) is 5.69 Å². The topological polar surface area (TPSA) is 67.8 Å². The molecule has 1 heterocycles. The number of benzene rings is 2. The second-order valence-corrected chi connectivity index (χ2v) is 7.94. The van der Waals surface area contributed by atoms with Crippen molar-refractivity contribution < 1.29 is 19.4 Å². The number of anilines is 1. The van der Waals surface area contributed by atoms with Crippen LogP contribution >= 0.6 is 27.7 Å². The Morgan fingerprint density at radius 1 is 1.38 bits per heavy atom. The van der Waals surface area contributed by atoms with Gasteiger partial charge in [-0.2, -0.15) is 0 Å². The fraction of sp³-hybridized carbons (Fsp3) is 0.316. The van der Waals surface area contributed by atoms with Crippen molar-refractivity contribution in [2.45, 2.75) is 11.3 Å². The number of amides is 1. The largest absolute Gasteiger partial charge is 0.497 e. The number of nitrogens with one attached hydrogen (secondary N) is 1. The average molecular weight is 438 g/mol. The maximum atomic E-state index is 12.7. The van der Waals surface area contributed by atoms with Gasteiger partial charge in [0.05, 0.1) is 25.3 Å². The van der Waals surface area contributed by atoms with E-state index in [0.29, 0.717) is 18.8 Å². The van der Waals surface area contributed by atoms with Gasteiger partial charge in [-0.1, -0.05) is 15.9 Å². The lowest BCUT2D eigenvalue weighted by Gasteiger charge is -2.25. The number of rotatable bonds is 6. The predicted octanol–water partition coefficient (Wildman–Crippen LogP) is 3.73. The van der Waals surface area contributed by atoms with Crippen molar-refractivity contribution in [1.29, 1.82) is 0 Å². The van der Waals surface area contributed by atoms with Crippen molar-refractivity contribution in [1.82, 2.24) is 0 Å². The third-order valence-corrected chi connectivity index (χ3v) is 5.62. The van der Waals surface area contributed by atoms with Crippen LogP contribution in [0, 0.1) is 5.92 Å². The number of fused-ring (bicyclic) bond motifs is 1. The van der Waals surface area contributed by atoms with E-state index in [9.17, 15) is 4.79 Å². The lowest BCUT2D eigenvalue weighted by Crippen LogP contribution is -2.32. The Balaban J connectivity index is 1.72. The van der Waals surface area contributed by atoms with Gasteiger partial charge in [0, 0.05) is 15.1 Å². The van der Waals surface area contributed by atoms with Crippen LogP contribution in [0.5, 0.6) is 11.5 Å². The van der Waals surface area contributed by atoms with E-state index in [1.54, 1.807) is 7.11 Å². The molecule has 0 aromatic heterocycles. The minimum absolute atomic E-state index is 0.0772. The monoisotopic (exact) mass is 437 g/mol. The molecule has 1 unspecified atom stereocenters. The maximum Gasteiger partial charge on any atom is 0.231 e. The minimum atomic E-state index is -0.269. The van der Waals surface area contributed by atoms with E-state index in [1.165, 1.54) is 11.8 Å². The molecule has 138 valence electrons. The first kappa shape index (κ1) is 19.1. The molecule has 2 aromatic carbocycles. The van der Waals surface area contributed by atoms with Gasteiger partial charge in [-0.3, -0.25) is 4.79 Å². The number of aliphatic hydroxyl groups excluding tert-OH is 1. The van der Waals surface area contributed by atoms with Gasteiger partial charge in [-0.05, 0) is 48.4 Å². The molecule has 0 fully saturated rings. The highest BCUT2D eigenvalue weighted by atomic mass is 79.9. The second kappa shape index (κ2) is 8.79. The number of thioether (sulfide) groups is 1. The van der Waals surface area contributed by atoms with Crippen molar-refractivity contribution in [2.75, 3.05) is 31.4 Å². The van der Waals surface area contributed by atoms with Gasteiger partial charge in [-0.25, -0.2) is 0 Å². The summed E-state index contributed by atoms with van der Waals surface area (Å²) >= 11 is 4.94. The second-order valence-electron chi connectivity index (χ2n) is 5.89. The lowest BCUT2D eigenvalue weighted by molar-refractivity contribution is -0.121. The number of hydrogen-bond donors (Lipinski definition) is 2. The van der Waals surface area contributed by atoms with Crippen molar-refractivity contribution in [3.05, 3.63) is 46.4 Å². The molecule has 2 N–H and O–H groups in total. The summed E-state index contributed by atoms with van der Waals surface area (Å²) in [4.78, 5) is 13.7. The van der Waals surface area contributed by atoms with Crippen LogP contribution in [0.25, 0.3) is 0 Å². The van der Waals surface area contributed by atoms with Crippen molar-refractivity contribution in [2.24, 2.45) is 5.92 Å². The molecular weight excluding hydrogens is 418 g/mol. The zero-order valence-corrected chi connectivity index (χ0v) is 16.7. The van der Waals surface area contributed by atoms with Gasteiger partial charge in [0.25, 0.3) is 0 Å². The average Bonchev–Trinajstić information content (AvgIpc) is 2.67. The van der Waals surface area contributed by atoms with E-state index >= 15 is 0 Å². The first-order chi connectivity index (χ1) is 12.6. The summed E-state index contributed by atoms with van der Waals surface area (Å²) in [5.41, 5.74) is 1.72. The van der Waals surface area contributed by atoms with Crippen molar-refractivity contribution >= 4 is 39.3 Å². The van der Waals surface area contributed by atoms with Gasteiger partial charge in [0.2, 0.25) is 5.91 Å². The van der Waals surface area contributed by atoms with Gasteiger partial charge < -0.3 is 19.9 Å². The zero-order chi connectivity index (χ0) is 18.5. The summed E-state index contributed by atoms with van der Waals surface area (Å²) < 4.78 is 11.9. The fourth-order valence-corrected chi connectivity index (χ4v) is 4.08. The molecule has 2 aromatic rings. The molecule has 1 aliphatic heterocycles. The maximum absolute atomic E-state index is 12.7. The smallest absolute Gasteiger partial charge is 0.231 e. The molecule has 0 spiro atoms. The molecule has 0 saturated heterocycles. The molecule has 0 bridgehead atoms. The van der Waals surface area contributed by atoms with E-state index < -0.39 is 0 Å². The summed E-state index contributed by atoms with van der Waals surface area (Å²) in [5.74, 6) is 1.78. The van der Waals surface area contributed by atoms with Crippen LogP contribution in [0.1, 0.15) is 5.56 Å². The molecule has 1 aliphatic rings. The van der Waals surface area contributed by atoms with Crippen LogP contribution < -0.4 is 14.8 Å². The van der Waals surface area contributed by atoms with E-state index in [4.69, 9.17) is 14.6 Å². The third kappa shape index (κ3) is 4.52. The molecule has 26 heavy (non-hydrogen) atoms. The summed E-state index contributed by atoms with van der Waals surface area (Å²) in [6.07, 6.45) is 0.605. The molecule has 3 rings (SSSR count). The third-order valence-electron chi connectivity index (χ3n) is 4.10. The number of hydrogen-bond acceptors (Lipinski definition) is 5. The molecule has 1 amide bonds. The summed E-state index contributed by atoms with van der Waals surface area (Å²) in [6.45, 7) is 0.431. The van der Waals surface area contributed by atoms with Crippen LogP contribution in [0.15, 0.2) is 45.8 Å². The zero-order valence-electron chi connectivity index (χ0n) is 14.3. The molecule has 5 nitrogen and oxygen atoms in total. The van der Waals surface area contributed by atoms with Gasteiger partial charge >= 0.3 is 0 Å². The number of carbonyl (C=O) groups is 1. The molecule has 1 atom stereocenters. The summed E-state index contributed by atoms with van der Waals surface area (Å²) in [7, 11) is 1.62. The van der Waals surface area contributed by atoms with Crippen LogP contribution in [-0.4, -0.2) is 37.1 Å². The van der Waals surface area contributed by atoms with E-state index in [1.807, 2.05) is 36.4 Å². The number of halogens is 1. The van der Waals surface area contributed by atoms with Gasteiger partial charge in [0.15, 0.2) is 0 Å². The highest BCUT2D eigenvalue weighted by Gasteiger charge is 2.27. The Morgan fingerprint density at radius 3 is 3.00 bits per heavy atom. The number of ether oxygens (including phenoxy) is 2. The predicted molar refractivity (Wildman–Crippen MR) is 106 cm³/mol. The molecule has 0 radical (unpaired) electrons. The van der Waals surface area contributed by atoms with Gasteiger partial charge in [-0.15, -0.1) is 11.8 Å². The van der Waals surface area contributed by atoms with E-state index in [-0.39, 0.29) is 18.4 Å². The first-order valence-electron chi connectivity index (χ1n) is 8.24. The number of methoxy groups -OCH3 is 1. The van der Waals surface area contributed by atoms with Crippen LogP contribution in [0.3, 0.4) is 0 Å². The van der Waals surface area contributed by atoms with Crippen LogP contribution in [0.2, 0.25) is 0 Å². The summed E-state index contributed by atoms with van der Waals surface area (Å²) in [6, 6.07) is 11.3. The standard InChI is InChI=1S/C19H20BrNO4S/c1-24-15-3-5-17-12(9-15)8-13(11-25-17)19(23)21-16-4-2-14(20)10-18(16)26-7-6-22/h2-5,9-10,13,22H,6-8,11H2,1H3,(H,21,23). The van der Waals surface area contributed by atoms with E-state index in [0.717, 1.165) is 32.1 Å². The molecular formula is C19H20BrNO4S. The first-order valence-corrected chi connectivity index (χ1v) is 10.0. The quantitative estimate of drug-likeness (QED) is 0.673. The Morgan fingerprint density at radius 2 is 2.23 bits per heavy atom. The van der Waals surface area contributed by atoms with Crippen molar-refractivity contribution in [3.8, 4) is 11.5 Å².